The number of imidazole rings is 1. The van der Waals surface area contributed by atoms with Gasteiger partial charge in [0.2, 0.25) is 10.9 Å². The molecule has 1 aromatic carbocycles. The number of nitrogens with one attached hydrogen (secondary N) is 1. The van der Waals surface area contributed by atoms with E-state index in [-0.39, 0.29) is 17.8 Å². The third-order valence-corrected chi connectivity index (χ3v) is 7.69. The van der Waals surface area contributed by atoms with Crippen LogP contribution in [0.15, 0.2) is 60.8 Å². The fourth-order valence-electron chi connectivity index (χ4n) is 5.45. The maximum atomic E-state index is 13.9. The molecule has 0 aliphatic carbocycles. The average Bonchev–Trinajstić information content (AvgIpc) is 3.67. The van der Waals surface area contributed by atoms with Crippen LogP contribution in [0.1, 0.15) is 30.9 Å². The van der Waals surface area contributed by atoms with Gasteiger partial charge >= 0.3 is 0 Å². The Morgan fingerprint density at radius 3 is 2.78 bits per heavy atom. The van der Waals surface area contributed by atoms with Gasteiger partial charge in [-0.15, -0.1) is 5.10 Å². The second-order valence-corrected chi connectivity index (χ2v) is 10.4. The van der Waals surface area contributed by atoms with Crippen molar-refractivity contribution in [3.63, 3.8) is 0 Å². The molecule has 0 unspecified atom stereocenters. The first kappa shape index (κ1) is 23.8. The van der Waals surface area contributed by atoms with E-state index in [9.17, 15) is 12.8 Å². The molecule has 6 rings (SSSR count). The van der Waals surface area contributed by atoms with Gasteiger partial charge in [0.25, 0.3) is 0 Å². The number of fused-ring (bicyclic) bond motifs is 1. The number of pyridine rings is 1. The Bertz CT molecular complexity index is 1500. The van der Waals surface area contributed by atoms with Crippen LogP contribution >= 0.6 is 0 Å². The summed E-state index contributed by atoms with van der Waals surface area (Å²) in [5.74, 6) is 1.70. The molecule has 11 heteroatoms. The zero-order valence-corrected chi connectivity index (χ0v) is 21.1. The quantitative estimate of drug-likeness (QED) is 0.361. The minimum absolute atomic E-state index is 0.0754. The van der Waals surface area contributed by atoms with E-state index in [0.717, 1.165) is 73.1 Å². The molecule has 0 saturated carbocycles. The van der Waals surface area contributed by atoms with Crippen molar-refractivity contribution in [1.82, 2.24) is 24.3 Å². The molecule has 0 radical (unpaired) electrons. The van der Waals surface area contributed by atoms with Crippen molar-refractivity contribution in [2.45, 2.75) is 25.3 Å². The maximum Gasteiger partial charge on any atom is 0.201 e. The molecule has 37 heavy (non-hydrogen) atoms. The minimum atomic E-state index is -2.58. The molecule has 2 aliphatic heterocycles. The highest BCUT2D eigenvalue weighted by molar-refractivity contribution is 7.70. The fourth-order valence-corrected chi connectivity index (χ4v) is 5.85. The van der Waals surface area contributed by atoms with E-state index in [1.807, 2.05) is 40.9 Å². The van der Waals surface area contributed by atoms with Crippen molar-refractivity contribution in [1.29, 1.82) is 0 Å². The molecular formula is C26H28FN7O2S. The Balaban J connectivity index is 1.27. The highest BCUT2D eigenvalue weighted by Crippen LogP contribution is 2.36. The molecule has 0 amide bonds. The van der Waals surface area contributed by atoms with Crippen LogP contribution in [-0.2, 0) is 10.9 Å². The second kappa shape index (κ2) is 10.1. The first-order valence-corrected chi connectivity index (χ1v) is 13.7. The highest BCUT2D eigenvalue weighted by Gasteiger charge is 2.28. The molecule has 2 fully saturated rings. The molecule has 1 N–H and O–H groups in total. The molecule has 192 valence electrons. The summed E-state index contributed by atoms with van der Waals surface area (Å²) >= 11 is 0. The summed E-state index contributed by atoms with van der Waals surface area (Å²) in [6.45, 7) is 2.87. The van der Waals surface area contributed by atoms with E-state index in [1.165, 1.54) is 6.07 Å². The third-order valence-electron chi connectivity index (χ3n) is 7.24. The van der Waals surface area contributed by atoms with Crippen LogP contribution in [0, 0.1) is 11.7 Å². The highest BCUT2D eigenvalue weighted by atomic mass is 32.2. The van der Waals surface area contributed by atoms with E-state index in [4.69, 9.17) is 10.1 Å². The number of rotatable bonds is 7. The number of halogens is 1. The molecule has 5 heterocycles. The van der Waals surface area contributed by atoms with Crippen LogP contribution in [0.25, 0.3) is 17.0 Å². The molecule has 3 aromatic heterocycles. The van der Waals surface area contributed by atoms with Crippen LogP contribution in [0.5, 0.6) is 0 Å². The van der Waals surface area contributed by atoms with Crippen LogP contribution in [0.3, 0.4) is 0 Å². The summed E-state index contributed by atoms with van der Waals surface area (Å²) in [5, 5.41) is 4.94. The standard InChI is InChI=1S/C26H28FN7O2S/c27-20-5-1-4-19(14-20)22-7-3-12-33(22)26-10-9-24-28-16-23(34(24)31-26)21-6-2-8-25(30-21)32-13-11-18(17-32)15-29-37(35)36/h1-2,4-6,8-10,14,16,18,22,37H,3,7,11-13,15,17H2,(H,29,35,36)/t18-,22+/m0/s1. The Labute approximate surface area is 216 Å². The van der Waals surface area contributed by atoms with E-state index in [0.29, 0.717) is 6.54 Å². The number of aromatic nitrogens is 4. The smallest absolute Gasteiger partial charge is 0.201 e. The molecule has 9 nitrogen and oxygen atoms in total. The lowest BCUT2D eigenvalue weighted by molar-refractivity contribution is 0.553. The van der Waals surface area contributed by atoms with Gasteiger partial charge in [-0.1, -0.05) is 18.2 Å². The molecule has 0 spiro atoms. The lowest BCUT2D eigenvalue weighted by Crippen LogP contribution is -2.26. The average molecular weight is 522 g/mol. The van der Waals surface area contributed by atoms with Crippen molar-refractivity contribution in [3.8, 4) is 11.4 Å². The molecule has 2 aliphatic rings. The monoisotopic (exact) mass is 521 g/mol. The van der Waals surface area contributed by atoms with Gasteiger partial charge in [-0.3, -0.25) is 0 Å². The molecule has 2 saturated heterocycles. The predicted octanol–water partition coefficient (Wildman–Crippen LogP) is 3.21. The maximum absolute atomic E-state index is 13.9. The van der Waals surface area contributed by atoms with Gasteiger partial charge in [-0.05, 0) is 67.1 Å². The molecular weight excluding hydrogens is 493 g/mol. The Kier molecular flexibility index (Phi) is 6.47. The third kappa shape index (κ3) is 4.88. The van der Waals surface area contributed by atoms with Crippen LogP contribution < -0.4 is 14.5 Å². The van der Waals surface area contributed by atoms with Gasteiger partial charge < -0.3 is 9.80 Å². The van der Waals surface area contributed by atoms with Gasteiger partial charge in [0.15, 0.2) is 5.65 Å². The Morgan fingerprint density at radius 2 is 1.92 bits per heavy atom. The van der Waals surface area contributed by atoms with Gasteiger partial charge in [0.1, 0.15) is 23.1 Å². The van der Waals surface area contributed by atoms with Gasteiger partial charge in [0.05, 0.1) is 17.9 Å². The fraction of sp³-hybridized carbons (Fsp3) is 0.346. The van der Waals surface area contributed by atoms with E-state index in [1.54, 1.807) is 18.3 Å². The molecule has 0 bridgehead atoms. The van der Waals surface area contributed by atoms with Gasteiger partial charge in [-0.2, -0.15) is 0 Å². The summed E-state index contributed by atoms with van der Waals surface area (Å²) in [6, 6.07) is 16.7. The lowest BCUT2D eigenvalue weighted by atomic mass is 10.0. The predicted molar refractivity (Wildman–Crippen MR) is 141 cm³/mol. The summed E-state index contributed by atoms with van der Waals surface area (Å²) in [6.07, 6.45) is 4.65. The number of nitrogens with zero attached hydrogens (tertiary/aromatic N) is 6. The van der Waals surface area contributed by atoms with Crippen molar-refractivity contribution >= 4 is 28.2 Å². The minimum Gasteiger partial charge on any atom is -0.356 e. The van der Waals surface area contributed by atoms with E-state index < -0.39 is 10.9 Å². The first-order valence-electron chi connectivity index (χ1n) is 12.5. The zero-order valence-electron chi connectivity index (χ0n) is 20.2. The molecule has 2 atom stereocenters. The summed E-state index contributed by atoms with van der Waals surface area (Å²) in [4.78, 5) is 13.9. The number of hydrogen-bond acceptors (Lipinski definition) is 7. The van der Waals surface area contributed by atoms with Crippen molar-refractivity contribution in [3.05, 3.63) is 72.2 Å². The Hall–Kier alpha value is -3.57. The summed E-state index contributed by atoms with van der Waals surface area (Å²) in [5.41, 5.74) is 3.25. The number of anilines is 2. The van der Waals surface area contributed by atoms with Crippen molar-refractivity contribution in [2.75, 3.05) is 36.0 Å². The molecule has 4 aromatic rings. The zero-order chi connectivity index (χ0) is 25.4. The van der Waals surface area contributed by atoms with Crippen LogP contribution in [0.4, 0.5) is 16.0 Å². The van der Waals surface area contributed by atoms with Gasteiger partial charge in [-0.25, -0.2) is 32.0 Å². The van der Waals surface area contributed by atoms with Crippen LogP contribution in [-0.4, -0.2) is 54.2 Å². The summed E-state index contributed by atoms with van der Waals surface area (Å²) in [7, 11) is -2.58. The van der Waals surface area contributed by atoms with Crippen molar-refractivity contribution in [2.24, 2.45) is 5.92 Å². The SMILES string of the molecule is O=[SH](=O)NC[C@@H]1CCN(c2cccc(-c3cnc4ccc(N5CCC[C@@H]5c5cccc(F)c5)nn34)n2)C1. The van der Waals surface area contributed by atoms with Crippen molar-refractivity contribution < 1.29 is 12.8 Å². The van der Waals surface area contributed by atoms with Crippen LogP contribution in [0.2, 0.25) is 0 Å². The largest absolute Gasteiger partial charge is 0.356 e. The van der Waals surface area contributed by atoms with Gasteiger partial charge in [0, 0.05) is 26.2 Å². The summed E-state index contributed by atoms with van der Waals surface area (Å²) < 4.78 is 40.0. The number of thiol groups is 1. The lowest BCUT2D eigenvalue weighted by Gasteiger charge is -2.26. The first-order chi connectivity index (χ1) is 18.0. The topological polar surface area (TPSA) is 95.7 Å². The van der Waals surface area contributed by atoms with E-state index in [2.05, 4.69) is 19.5 Å². The normalized spacial score (nSPS) is 19.9. The second-order valence-electron chi connectivity index (χ2n) is 9.61. The van der Waals surface area contributed by atoms with E-state index >= 15 is 0 Å². The number of hydrogen-bond donors (Lipinski definition) is 2. The Morgan fingerprint density at radius 1 is 1.03 bits per heavy atom. The number of benzene rings is 1.